The number of hydrogen-bond donors (Lipinski definition) is 3. The molecule has 4 N–H and O–H groups in total. The third kappa shape index (κ3) is 2.28. The molecule has 1 aromatic carbocycles. The maximum absolute atomic E-state index is 5.85. The van der Waals surface area contributed by atoms with E-state index in [1.165, 1.54) is 0 Å². The molecule has 16 heavy (non-hydrogen) atoms. The van der Waals surface area contributed by atoms with Gasteiger partial charge in [0.1, 0.15) is 0 Å². The maximum atomic E-state index is 5.85. The lowest BCUT2D eigenvalue weighted by molar-refractivity contribution is 0.887. The van der Waals surface area contributed by atoms with E-state index in [1.54, 1.807) is 12.3 Å². The Hall–Kier alpha value is -1.68. The van der Waals surface area contributed by atoms with Gasteiger partial charge in [0, 0.05) is 16.8 Å². The van der Waals surface area contributed by atoms with Gasteiger partial charge in [0.05, 0.1) is 23.6 Å². The van der Waals surface area contributed by atoms with E-state index in [-0.39, 0.29) is 6.04 Å². The second-order valence-electron chi connectivity index (χ2n) is 3.63. The highest BCUT2D eigenvalue weighted by Crippen LogP contribution is 2.26. The lowest BCUT2D eigenvalue weighted by Crippen LogP contribution is -2.07. The van der Waals surface area contributed by atoms with Gasteiger partial charge in [-0.15, -0.1) is 0 Å². The number of aromatic amines is 1. The van der Waals surface area contributed by atoms with Gasteiger partial charge in [-0.25, -0.2) is 0 Å². The first-order chi connectivity index (χ1) is 7.66. The van der Waals surface area contributed by atoms with Crippen LogP contribution in [0.15, 0.2) is 30.6 Å². The summed E-state index contributed by atoms with van der Waals surface area (Å²) < 4.78 is 0. The largest absolute Gasteiger partial charge is 0.397 e. The van der Waals surface area contributed by atoms with Crippen molar-refractivity contribution in [2.24, 2.45) is 0 Å². The van der Waals surface area contributed by atoms with Crippen LogP contribution in [0.3, 0.4) is 0 Å². The number of benzene rings is 1. The van der Waals surface area contributed by atoms with Gasteiger partial charge in [0.25, 0.3) is 0 Å². The Morgan fingerprint density at radius 2 is 2.31 bits per heavy atom. The van der Waals surface area contributed by atoms with E-state index in [2.05, 4.69) is 15.5 Å². The molecule has 1 heterocycles. The lowest BCUT2D eigenvalue weighted by atomic mass is 10.1. The number of anilines is 2. The minimum absolute atomic E-state index is 0.141. The van der Waals surface area contributed by atoms with Gasteiger partial charge in [-0.3, -0.25) is 5.10 Å². The summed E-state index contributed by atoms with van der Waals surface area (Å²) in [5, 5.41) is 10.6. The Bertz CT molecular complexity index is 467. The van der Waals surface area contributed by atoms with Crippen molar-refractivity contribution in [3.8, 4) is 0 Å². The molecule has 0 spiro atoms. The van der Waals surface area contributed by atoms with Gasteiger partial charge in [-0.1, -0.05) is 11.6 Å². The molecule has 5 heteroatoms. The molecule has 1 atom stereocenters. The van der Waals surface area contributed by atoms with E-state index < -0.39 is 0 Å². The first-order valence-electron chi connectivity index (χ1n) is 4.97. The molecule has 0 radical (unpaired) electrons. The van der Waals surface area contributed by atoms with Gasteiger partial charge in [0.15, 0.2) is 0 Å². The fourth-order valence-corrected chi connectivity index (χ4v) is 1.66. The summed E-state index contributed by atoms with van der Waals surface area (Å²) in [6.45, 7) is 2.04. The molecule has 0 bridgehead atoms. The molecule has 0 amide bonds. The van der Waals surface area contributed by atoms with Crippen molar-refractivity contribution in [1.82, 2.24) is 10.2 Å². The summed E-state index contributed by atoms with van der Waals surface area (Å²) in [7, 11) is 0. The van der Waals surface area contributed by atoms with Gasteiger partial charge < -0.3 is 11.1 Å². The van der Waals surface area contributed by atoms with Gasteiger partial charge in [-0.2, -0.15) is 5.10 Å². The molecule has 84 valence electrons. The quantitative estimate of drug-likeness (QED) is 0.718. The Balaban J connectivity index is 2.15. The number of nitrogens with one attached hydrogen (secondary N) is 2. The van der Waals surface area contributed by atoms with E-state index >= 15 is 0 Å². The van der Waals surface area contributed by atoms with E-state index in [9.17, 15) is 0 Å². The predicted octanol–water partition coefficient (Wildman–Crippen LogP) is 2.82. The second kappa shape index (κ2) is 4.45. The van der Waals surface area contributed by atoms with Crippen LogP contribution in [0.25, 0.3) is 0 Å². The van der Waals surface area contributed by atoms with Crippen molar-refractivity contribution in [3.63, 3.8) is 0 Å². The van der Waals surface area contributed by atoms with Crippen LogP contribution in [0.5, 0.6) is 0 Å². The highest BCUT2D eigenvalue weighted by molar-refractivity contribution is 6.31. The highest BCUT2D eigenvalue weighted by Gasteiger charge is 2.08. The molecule has 4 nitrogen and oxygen atoms in total. The molecule has 0 aliphatic carbocycles. The zero-order valence-electron chi connectivity index (χ0n) is 8.87. The summed E-state index contributed by atoms with van der Waals surface area (Å²) >= 11 is 5.83. The monoisotopic (exact) mass is 236 g/mol. The van der Waals surface area contributed by atoms with Gasteiger partial charge >= 0.3 is 0 Å². The standard InChI is InChI=1S/C11H13ClN4/c1-7(8-5-14-15-6-8)16-11-3-2-9(12)4-10(11)13/h2-7,16H,13H2,1H3,(H,14,15). The Kier molecular flexibility index (Phi) is 3.01. The van der Waals surface area contributed by atoms with E-state index in [0.717, 1.165) is 11.3 Å². The molecule has 1 unspecified atom stereocenters. The fourth-order valence-electron chi connectivity index (χ4n) is 1.48. The van der Waals surface area contributed by atoms with Crippen molar-refractivity contribution < 1.29 is 0 Å². The topological polar surface area (TPSA) is 66.7 Å². The third-order valence-electron chi connectivity index (χ3n) is 2.40. The molecule has 0 fully saturated rings. The Morgan fingerprint density at radius 3 is 2.94 bits per heavy atom. The number of H-pyrrole nitrogens is 1. The number of nitrogens with two attached hydrogens (primary N) is 1. The first kappa shape index (κ1) is 10.8. The number of aromatic nitrogens is 2. The normalized spacial score (nSPS) is 12.4. The number of hydrogen-bond acceptors (Lipinski definition) is 3. The van der Waals surface area contributed by atoms with Crippen LogP contribution >= 0.6 is 11.6 Å². The zero-order chi connectivity index (χ0) is 11.5. The molecular formula is C11H13ClN4. The van der Waals surface area contributed by atoms with Crippen LogP contribution in [0.1, 0.15) is 18.5 Å². The summed E-state index contributed by atoms with van der Waals surface area (Å²) in [5.74, 6) is 0. The van der Waals surface area contributed by atoms with Crippen LogP contribution in [0.4, 0.5) is 11.4 Å². The van der Waals surface area contributed by atoms with Crippen molar-refractivity contribution in [3.05, 3.63) is 41.2 Å². The van der Waals surface area contributed by atoms with Crippen LogP contribution in [-0.4, -0.2) is 10.2 Å². The van der Waals surface area contributed by atoms with Gasteiger partial charge in [-0.05, 0) is 25.1 Å². The van der Waals surface area contributed by atoms with E-state index in [0.29, 0.717) is 10.7 Å². The number of rotatable bonds is 3. The molecule has 0 saturated carbocycles. The highest BCUT2D eigenvalue weighted by atomic mass is 35.5. The number of nitrogens with zero attached hydrogens (tertiary/aromatic N) is 1. The van der Waals surface area contributed by atoms with Crippen LogP contribution in [0.2, 0.25) is 5.02 Å². The second-order valence-corrected chi connectivity index (χ2v) is 4.07. The van der Waals surface area contributed by atoms with Gasteiger partial charge in [0.2, 0.25) is 0 Å². The number of halogens is 1. The predicted molar refractivity (Wildman–Crippen MR) is 66.5 cm³/mol. The first-order valence-corrected chi connectivity index (χ1v) is 5.35. The van der Waals surface area contributed by atoms with Crippen molar-refractivity contribution in [2.75, 3.05) is 11.1 Å². The molecular weight excluding hydrogens is 224 g/mol. The smallest absolute Gasteiger partial charge is 0.0579 e. The molecule has 0 aliphatic rings. The fraction of sp³-hybridized carbons (Fsp3) is 0.182. The molecule has 2 rings (SSSR count). The third-order valence-corrected chi connectivity index (χ3v) is 2.64. The molecule has 2 aromatic rings. The van der Waals surface area contributed by atoms with Crippen molar-refractivity contribution >= 4 is 23.0 Å². The molecule has 0 aliphatic heterocycles. The molecule has 1 aromatic heterocycles. The summed E-state index contributed by atoms with van der Waals surface area (Å²) in [6, 6.07) is 5.55. The Labute approximate surface area is 98.8 Å². The minimum Gasteiger partial charge on any atom is -0.397 e. The SMILES string of the molecule is CC(Nc1ccc(Cl)cc1N)c1cn[nH]c1. The lowest BCUT2D eigenvalue weighted by Gasteiger charge is -2.15. The van der Waals surface area contributed by atoms with E-state index in [1.807, 2.05) is 25.3 Å². The molecule has 0 saturated heterocycles. The van der Waals surface area contributed by atoms with Crippen LogP contribution in [-0.2, 0) is 0 Å². The van der Waals surface area contributed by atoms with E-state index in [4.69, 9.17) is 17.3 Å². The van der Waals surface area contributed by atoms with Crippen molar-refractivity contribution in [2.45, 2.75) is 13.0 Å². The average molecular weight is 237 g/mol. The van der Waals surface area contributed by atoms with Crippen LogP contribution < -0.4 is 11.1 Å². The minimum atomic E-state index is 0.141. The Morgan fingerprint density at radius 1 is 1.50 bits per heavy atom. The maximum Gasteiger partial charge on any atom is 0.0579 e. The number of nitrogen functional groups attached to an aromatic ring is 1. The summed E-state index contributed by atoms with van der Waals surface area (Å²) in [4.78, 5) is 0. The summed E-state index contributed by atoms with van der Waals surface area (Å²) in [5.41, 5.74) is 8.45. The van der Waals surface area contributed by atoms with Crippen molar-refractivity contribution in [1.29, 1.82) is 0 Å². The zero-order valence-corrected chi connectivity index (χ0v) is 9.62. The summed E-state index contributed by atoms with van der Waals surface area (Å²) in [6.07, 6.45) is 3.63. The average Bonchev–Trinajstić information content (AvgIpc) is 2.75. The van der Waals surface area contributed by atoms with Crippen LogP contribution in [0, 0.1) is 0 Å².